The van der Waals surface area contributed by atoms with Crippen molar-refractivity contribution in [3.8, 4) is 0 Å². The van der Waals surface area contributed by atoms with E-state index < -0.39 is 15.7 Å². The molecule has 0 spiro atoms. The van der Waals surface area contributed by atoms with Crippen LogP contribution in [0.4, 0.5) is 5.13 Å². The van der Waals surface area contributed by atoms with Gasteiger partial charge in [-0.3, -0.25) is 14.9 Å². The van der Waals surface area contributed by atoms with E-state index >= 15 is 0 Å². The Bertz CT molecular complexity index is 957. The van der Waals surface area contributed by atoms with Crippen molar-refractivity contribution in [3.63, 3.8) is 0 Å². The van der Waals surface area contributed by atoms with Crippen molar-refractivity contribution < 1.29 is 18.0 Å². The lowest BCUT2D eigenvalue weighted by Gasteiger charge is -2.26. The van der Waals surface area contributed by atoms with Crippen LogP contribution in [0.15, 0.2) is 29.2 Å². The number of thiazole rings is 1. The fraction of sp³-hybridized carbons (Fsp3) is 0.353. The summed E-state index contributed by atoms with van der Waals surface area (Å²) in [6.07, 6.45) is 2.28. The maximum absolute atomic E-state index is 12.3. The monoisotopic (exact) mass is 378 g/mol. The molecule has 2 aromatic rings. The van der Waals surface area contributed by atoms with E-state index in [9.17, 15) is 18.0 Å². The number of nitrogens with one attached hydrogen (secondary N) is 1. The number of Topliss-reactive ketones (excluding diaryl/α,β-unsaturated/α-hetero) is 1. The van der Waals surface area contributed by atoms with Crippen LogP contribution in [0.5, 0.6) is 0 Å². The average Bonchev–Trinajstić information content (AvgIpc) is 2.87. The molecule has 132 valence electrons. The van der Waals surface area contributed by atoms with Crippen molar-refractivity contribution in [2.24, 2.45) is 5.41 Å². The van der Waals surface area contributed by atoms with Gasteiger partial charge in [-0.2, -0.15) is 0 Å². The van der Waals surface area contributed by atoms with E-state index in [0.29, 0.717) is 28.4 Å². The predicted octanol–water partition coefficient (Wildman–Crippen LogP) is 2.95. The molecule has 3 rings (SSSR count). The van der Waals surface area contributed by atoms with Crippen LogP contribution in [0, 0.1) is 5.41 Å². The molecular formula is C17H18N2O4S2. The Kier molecular flexibility index (Phi) is 4.28. The van der Waals surface area contributed by atoms with Crippen molar-refractivity contribution in [3.05, 3.63) is 40.4 Å². The van der Waals surface area contributed by atoms with Gasteiger partial charge in [0.15, 0.2) is 20.8 Å². The number of carbonyl (C=O) groups excluding carboxylic acids is 2. The highest BCUT2D eigenvalue weighted by Crippen LogP contribution is 2.38. The molecule has 1 amide bonds. The third kappa shape index (κ3) is 3.80. The summed E-state index contributed by atoms with van der Waals surface area (Å²) >= 11 is 1.19. The zero-order valence-electron chi connectivity index (χ0n) is 14.1. The van der Waals surface area contributed by atoms with Gasteiger partial charge in [-0.15, -0.1) is 0 Å². The number of carbonyl (C=O) groups is 2. The lowest BCUT2D eigenvalue weighted by Crippen LogP contribution is -2.26. The number of aromatic nitrogens is 1. The van der Waals surface area contributed by atoms with E-state index in [2.05, 4.69) is 10.3 Å². The van der Waals surface area contributed by atoms with E-state index in [4.69, 9.17) is 0 Å². The van der Waals surface area contributed by atoms with Gasteiger partial charge < -0.3 is 0 Å². The molecule has 1 aliphatic carbocycles. The van der Waals surface area contributed by atoms with Crippen LogP contribution >= 0.6 is 11.3 Å². The van der Waals surface area contributed by atoms with Crippen LogP contribution in [-0.4, -0.2) is 31.3 Å². The number of nitrogens with zero attached hydrogens (tertiary/aromatic N) is 1. The highest BCUT2D eigenvalue weighted by atomic mass is 32.2. The Hall–Kier alpha value is -2.06. The first kappa shape index (κ1) is 17.8. The molecule has 0 bridgehead atoms. The second kappa shape index (κ2) is 6.03. The van der Waals surface area contributed by atoms with Gasteiger partial charge in [0.2, 0.25) is 0 Å². The summed E-state index contributed by atoms with van der Waals surface area (Å²) in [6.45, 7) is 4.05. The van der Waals surface area contributed by atoms with Crippen LogP contribution in [0.3, 0.4) is 0 Å². The summed E-state index contributed by atoms with van der Waals surface area (Å²) in [7, 11) is -3.30. The third-order valence-corrected chi connectivity index (χ3v) is 6.18. The van der Waals surface area contributed by atoms with Gasteiger partial charge in [0, 0.05) is 18.2 Å². The minimum absolute atomic E-state index is 0.0572. The quantitative estimate of drug-likeness (QED) is 0.886. The number of fused-ring (bicyclic) bond motifs is 1. The summed E-state index contributed by atoms with van der Waals surface area (Å²) in [5, 5.41) is 3.07. The first-order valence-electron chi connectivity index (χ1n) is 7.69. The van der Waals surface area contributed by atoms with Gasteiger partial charge in [0.25, 0.3) is 5.91 Å². The number of rotatable bonds is 3. The van der Waals surface area contributed by atoms with Gasteiger partial charge in [0.05, 0.1) is 15.5 Å². The van der Waals surface area contributed by atoms with Gasteiger partial charge in [-0.1, -0.05) is 25.2 Å². The maximum atomic E-state index is 12.3. The first-order chi connectivity index (χ1) is 11.5. The average molecular weight is 378 g/mol. The zero-order valence-corrected chi connectivity index (χ0v) is 15.8. The van der Waals surface area contributed by atoms with Crippen molar-refractivity contribution in [2.45, 2.75) is 31.6 Å². The molecule has 0 fully saturated rings. The summed E-state index contributed by atoms with van der Waals surface area (Å²) in [4.78, 5) is 29.7. The smallest absolute Gasteiger partial charge is 0.257 e. The fourth-order valence-corrected chi connectivity index (χ4v) is 4.34. The first-order valence-corrected chi connectivity index (χ1v) is 10.4. The van der Waals surface area contributed by atoms with Crippen LogP contribution in [-0.2, 0) is 16.3 Å². The molecule has 25 heavy (non-hydrogen) atoms. The Morgan fingerprint density at radius 1 is 1.20 bits per heavy atom. The van der Waals surface area contributed by atoms with Gasteiger partial charge in [-0.05, 0) is 36.1 Å². The molecule has 0 saturated heterocycles. The van der Waals surface area contributed by atoms with Crippen molar-refractivity contribution >= 4 is 38.0 Å². The van der Waals surface area contributed by atoms with Crippen LogP contribution in [0.25, 0.3) is 0 Å². The van der Waals surface area contributed by atoms with E-state index in [-0.39, 0.29) is 16.1 Å². The summed E-state index contributed by atoms with van der Waals surface area (Å²) in [5.74, 6) is -0.334. The molecule has 6 nitrogen and oxygen atoms in total. The Balaban J connectivity index is 1.79. The lowest BCUT2D eigenvalue weighted by atomic mass is 9.78. The highest BCUT2D eigenvalue weighted by Gasteiger charge is 2.34. The second-order valence-corrected chi connectivity index (χ2v) is 10.0. The normalized spacial score (nSPS) is 16.4. The van der Waals surface area contributed by atoms with Gasteiger partial charge in [-0.25, -0.2) is 13.4 Å². The zero-order chi connectivity index (χ0) is 18.4. The molecule has 0 saturated carbocycles. The largest absolute Gasteiger partial charge is 0.298 e. The van der Waals surface area contributed by atoms with Crippen molar-refractivity contribution in [1.29, 1.82) is 0 Å². The molecule has 8 heteroatoms. The number of ketones is 1. The van der Waals surface area contributed by atoms with Crippen molar-refractivity contribution in [2.75, 3.05) is 11.6 Å². The van der Waals surface area contributed by atoms with Crippen LogP contribution < -0.4 is 5.32 Å². The molecule has 0 atom stereocenters. The molecule has 1 aromatic heterocycles. The third-order valence-electron chi connectivity index (χ3n) is 4.00. The van der Waals surface area contributed by atoms with Gasteiger partial charge in [0.1, 0.15) is 0 Å². The fourth-order valence-electron chi connectivity index (χ4n) is 2.80. The molecule has 0 aliphatic heterocycles. The Morgan fingerprint density at radius 3 is 2.44 bits per heavy atom. The number of anilines is 1. The van der Waals surface area contributed by atoms with Crippen LogP contribution in [0.1, 0.15) is 46.0 Å². The topological polar surface area (TPSA) is 93.2 Å². The van der Waals surface area contributed by atoms with Gasteiger partial charge >= 0.3 is 0 Å². The molecule has 1 aromatic carbocycles. The maximum Gasteiger partial charge on any atom is 0.257 e. The number of hydrogen-bond donors (Lipinski definition) is 1. The van der Waals surface area contributed by atoms with Crippen LogP contribution in [0.2, 0.25) is 0 Å². The molecule has 1 N–H and O–H groups in total. The minimum Gasteiger partial charge on any atom is -0.298 e. The highest BCUT2D eigenvalue weighted by molar-refractivity contribution is 7.90. The summed E-state index contributed by atoms with van der Waals surface area (Å²) < 4.78 is 22.9. The number of hydrogen-bond acceptors (Lipinski definition) is 6. The number of benzene rings is 1. The number of amides is 1. The summed E-state index contributed by atoms with van der Waals surface area (Å²) in [6, 6.07) is 5.69. The van der Waals surface area contributed by atoms with E-state index in [1.807, 2.05) is 13.8 Å². The Morgan fingerprint density at radius 2 is 1.84 bits per heavy atom. The lowest BCUT2D eigenvalue weighted by molar-refractivity contribution is 0.0915. The molecular weight excluding hydrogens is 360 g/mol. The SMILES string of the molecule is CC1(C)CC(=O)c2sc(NC(=O)c3ccc(S(C)(=O)=O)cc3)nc2C1. The number of sulfone groups is 1. The summed E-state index contributed by atoms with van der Waals surface area (Å²) in [5.41, 5.74) is 0.933. The van der Waals surface area contributed by atoms with E-state index in [0.717, 1.165) is 11.9 Å². The minimum atomic E-state index is -3.30. The molecule has 1 heterocycles. The van der Waals surface area contributed by atoms with E-state index in [1.54, 1.807) is 0 Å². The van der Waals surface area contributed by atoms with Crippen molar-refractivity contribution in [1.82, 2.24) is 4.98 Å². The van der Waals surface area contributed by atoms with E-state index in [1.165, 1.54) is 35.6 Å². The predicted molar refractivity (Wildman–Crippen MR) is 96.1 cm³/mol. The standard InChI is InChI=1S/C17H18N2O4S2/c1-17(2)8-12-14(13(20)9-17)24-16(18-12)19-15(21)10-4-6-11(7-5-10)25(3,22)23/h4-7H,8-9H2,1-3H3,(H,18,19,21). The Labute approximate surface area is 150 Å². The second-order valence-electron chi connectivity index (χ2n) is 6.99. The molecule has 1 aliphatic rings. The molecule has 0 radical (unpaired) electrons. The molecule has 0 unspecified atom stereocenters.